The van der Waals surface area contributed by atoms with Crippen LogP contribution in [0.2, 0.25) is 0 Å². The van der Waals surface area contributed by atoms with Crippen LogP contribution in [0.5, 0.6) is 0 Å². The molecular weight excluding hydrogens is 274 g/mol. The molecule has 4 heteroatoms. The summed E-state index contributed by atoms with van der Waals surface area (Å²) in [6.07, 6.45) is 1.47. The monoisotopic (exact) mass is 293 g/mol. The Hall–Kier alpha value is -2.46. The molecule has 3 aromatic rings. The smallest absolute Gasteiger partial charge is 0.156 e. The van der Waals surface area contributed by atoms with Crippen molar-refractivity contribution in [2.75, 3.05) is 18.5 Å². The molecule has 0 unspecified atom stereocenters. The second kappa shape index (κ2) is 7.00. The summed E-state index contributed by atoms with van der Waals surface area (Å²) in [5, 5.41) is 23.1. The fourth-order valence-corrected chi connectivity index (χ4v) is 2.50. The van der Waals surface area contributed by atoms with Crippen LogP contribution in [0.4, 0.5) is 5.82 Å². The quantitative estimate of drug-likeness (QED) is 0.686. The van der Waals surface area contributed by atoms with Crippen LogP contribution in [0.1, 0.15) is 17.7 Å². The van der Waals surface area contributed by atoms with Crippen LogP contribution in [0.25, 0.3) is 10.8 Å². The maximum Gasteiger partial charge on any atom is 0.156 e. The van der Waals surface area contributed by atoms with Gasteiger partial charge in [-0.05, 0) is 12.0 Å². The van der Waals surface area contributed by atoms with Gasteiger partial charge in [0.1, 0.15) is 0 Å². The minimum absolute atomic E-state index is 0.171. The largest absolute Gasteiger partial charge is 0.396 e. The lowest BCUT2D eigenvalue weighted by molar-refractivity contribution is 0.292. The highest BCUT2D eigenvalue weighted by atomic mass is 16.3. The summed E-state index contributed by atoms with van der Waals surface area (Å²) in [5.74, 6) is 0.779. The molecular formula is C18H19N3O. The van der Waals surface area contributed by atoms with Crippen LogP contribution >= 0.6 is 0 Å². The van der Waals surface area contributed by atoms with E-state index in [1.165, 1.54) is 5.56 Å². The minimum atomic E-state index is 0.171. The Bertz CT molecular complexity index is 744. The van der Waals surface area contributed by atoms with Gasteiger partial charge >= 0.3 is 0 Å². The van der Waals surface area contributed by atoms with E-state index in [4.69, 9.17) is 5.11 Å². The molecule has 0 saturated heterocycles. The molecule has 2 N–H and O–H groups in total. The second-order valence-corrected chi connectivity index (χ2v) is 5.21. The standard InChI is InChI=1S/C18H19N3O/c22-12-6-11-19-18-16-10-5-4-9-15(16)17(20-21-18)13-14-7-2-1-3-8-14/h1-5,7-10,22H,6,11-13H2,(H,19,21). The maximum atomic E-state index is 8.89. The zero-order valence-electron chi connectivity index (χ0n) is 12.4. The molecule has 1 heterocycles. The third-order valence-electron chi connectivity index (χ3n) is 3.61. The summed E-state index contributed by atoms with van der Waals surface area (Å²) in [5.41, 5.74) is 2.21. The number of rotatable bonds is 6. The topological polar surface area (TPSA) is 58.0 Å². The fraction of sp³-hybridized carbons (Fsp3) is 0.222. The lowest BCUT2D eigenvalue weighted by Gasteiger charge is -2.10. The van der Waals surface area contributed by atoms with E-state index in [9.17, 15) is 0 Å². The van der Waals surface area contributed by atoms with Crippen molar-refractivity contribution >= 4 is 16.6 Å². The van der Waals surface area contributed by atoms with Crippen molar-refractivity contribution < 1.29 is 5.11 Å². The van der Waals surface area contributed by atoms with E-state index in [0.717, 1.165) is 28.7 Å². The highest BCUT2D eigenvalue weighted by Crippen LogP contribution is 2.24. The first-order chi connectivity index (χ1) is 10.9. The van der Waals surface area contributed by atoms with Gasteiger partial charge in [0, 0.05) is 30.3 Å². The lowest BCUT2D eigenvalue weighted by atomic mass is 10.0. The molecule has 3 rings (SSSR count). The van der Waals surface area contributed by atoms with Gasteiger partial charge in [0.05, 0.1) is 5.69 Å². The molecule has 22 heavy (non-hydrogen) atoms. The molecule has 0 aliphatic heterocycles. The zero-order chi connectivity index (χ0) is 15.2. The number of aliphatic hydroxyl groups is 1. The summed E-state index contributed by atoms with van der Waals surface area (Å²) >= 11 is 0. The number of hydrogen-bond acceptors (Lipinski definition) is 4. The maximum absolute atomic E-state index is 8.89. The molecule has 0 atom stereocenters. The highest BCUT2D eigenvalue weighted by molar-refractivity contribution is 5.93. The molecule has 0 radical (unpaired) electrons. The van der Waals surface area contributed by atoms with Crippen LogP contribution in [-0.4, -0.2) is 28.5 Å². The van der Waals surface area contributed by atoms with Crippen molar-refractivity contribution in [1.29, 1.82) is 0 Å². The van der Waals surface area contributed by atoms with Crippen LogP contribution in [0.3, 0.4) is 0 Å². The number of nitrogens with zero attached hydrogens (tertiary/aromatic N) is 2. The van der Waals surface area contributed by atoms with Gasteiger partial charge in [0.2, 0.25) is 0 Å². The summed E-state index contributed by atoms with van der Waals surface area (Å²) in [7, 11) is 0. The first-order valence-corrected chi connectivity index (χ1v) is 7.51. The third-order valence-corrected chi connectivity index (χ3v) is 3.61. The second-order valence-electron chi connectivity index (χ2n) is 5.21. The Kier molecular flexibility index (Phi) is 4.61. The fourth-order valence-electron chi connectivity index (χ4n) is 2.50. The van der Waals surface area contributed by atoms with Crippen molar-refractivity contribution in [3.63, 3.8) is 0 Å². The Morgan fingerprint density at radius 1 is 0.864 bits per heavy atom. The zero-order valence-corrected chi connectivity index (χ0v) is 12.4. The van der Waals surface area contributed by atoms with Crippen molar-refractivity contribution in [1.82, 2.24) is 10.2 Å². The predicted molar refractivity (Wildman–Crippen MR) is 89.0 cm³/mol. The Morgan fingerprint density at radius 3 is 2.36 bits per heavy atom. The number of fused-ring (bicyclic) bond motifs is 1. The number of hydrogen-bond donors (Lipinski definition) is 2. The molecule has 0 aliphatic rings. The molecule has 0 saturated carbocycles. The molecule has 0 spiro atoms. The molecule has 2 aromatic carbocycles. The molecule has 4 nitrogen and oxygen atoms in total. The Morgan fingerprint density at radius 2 is 1.59 bits per heavy atom. The van der Waals surface area contributed by atoms with Crippen LogP contribution in [0.15, 0.2) is 54.6 Å². The van der Waals surface area contributed by atoms with E-state index in [0.29, 0.717) is 13.0 Å². The number of aromatic nitrogens is 2. The molecule has 112 valence electrons. The molecule has 0 fully saturated rings. The summed E-state index contributed by atoms with van der Waals surface area (Å²) in [6.45, 7) is 0.859. The number of aliphatic hydroxyl groups excluding tert-OH is 1. The van der Waals surface area contributed by atoms with Gasteiger partial charge in [-0.1, -0.05) is 54.6 Å². The van der Waals surface area contributed by atoms with E-state index >= 15 is 0 Å². The third kappa shape index (κ3) is 3.23. The summed E-state index contributed by atoms with van der Waals surface area (Å²) in [4.78, 5) is 0. The normalized spacial score (nSPS) is 10.8. The molecule has 0 amide bonds. The van der Waals surface area contributed by atoms with E-state index in [1.807, 2.05) is 30.3 Å². The van der Waals surface area contributed by atoms with E-state index in [1.54, 1.807) is 0 Å². The van der Waals surface area contributed by atoms with Gasteiger partial charge in [-0.2, -0.15) is 5.10 Å². The first-order valence-electron chi connectivity index (χ1n) is 7.51. The minimum Gasteiger partial charge on any atom is -0.396 e. The number of benzene rings is 2. The summed E-state index contributed by atoms with van der Waals surface area (Å²) < 4.78 is 0. The van der Waals surface area contributed by atoms with Crippen molar-refractivity contribution in [2.45, 2.75) is 12.8 Å². The van der Waals surface area contributed by atoms with Gasteiger partial charge in [-0.3, -0.25) is 0 Å². The number of nitrogens with one attached hydrogen (secondary N) is 1. The van der Waals surface area contributed by atoms with Crippen molar-refractivity contribution in [3.05, 3.63) is 65.9 Å². The average Bonchev–Trinajstić information content (AvgIpc) is 2.58. The van der Waals surface area contributed by atoms with Crippen LogP contribution < -0.4 is 5.32 Å². The lowest BCUT2D eigenvalue weighted by Crippen LogP contribution is -2.08. The van der Waals surface area contributed by atoms with Crippen LogP contribution in [0, 0.1) is 0 Å². The van der Waals surface area contributed by atoms with E-state index in [2.05, 4.69) is 39.8 Å². The van der Waals surface area contributed by atoms with E-state index in [-0.39, 0.29) is 6.61 Å². The van der Waals surface area contributed by atoms with Crippen molar-refractivity contribution in [2.24, 2.45) is 0 Å². The van der Waals surface area contributed by atoms with Crippen molar-refractivity contribution in [3.8, 4) is 0 Å². The number of anilines is 1. The van der Waals surface area contributed by atoms with Gasteiger partial charge < -0.3 is 10.4 Å². The SMILES string of the molecule is OCCCNc1nnc(Cc2ccccc2)c2ccccc12. The van der Waals surface area contributed by atoms with Gasteiger partial charge in [-0.15, -0.1) is 5.10 Å². The highest BCUT2D eigenvalue weighted by Gasteiger charge is 2.09. The average molecular weight is 293 g/mol. The van der Waals surface area contributed by atoms with Gasteiger partial charge in [0.15, 0.2) is 5.82 Å². The predicted octanol–water partition coefficient (Wildman–Crippen LogP) is 3.01. The summed E-state index contributed by atoms with van der Waals surface area (Å²) in [6, 6.07) is 18.5. The van der Waals surface area contributed by atoms with Gasteiger partial charge in [0.25, 0.3) is 0 Å². The van der Waals surface area contributed by atoms with E-state index < -0.39 is 0 Å². The Labute approximate surface area is 129 Å². The first kappa shape index (κ1) is 14.5. The van der Waals surface area contributed by atoms with Crippen LogP contribution in [-0.2, 0) is 6.42 Å². The molecule has 1 aromatic heterocycles. The molecule has 0 bridgehead atoms. The molecule has 0 aliphatic carbocycles. The van der Waals surface area contributed by atoms with Gasteiger partial charge in [-0.25, -0.2) is 0 Å². The Balaban J connectivity index is 1.94.